The van der Waals surface area contributed by atoms with Crippen molar-refractivity contribution in [3.63, 3.8) is 0 Å². The van der Waals surface area contributed by atoms with Gasteiger partial charge in [0.05, 0.1) is 6.42 Å². The molecule has 0 spiro atoms. The Balaban J connectivity index is 4.10. The molecule has 0 bridgehead atoms. The standard InChI is InChI=1S/C11H22O3SSi/c1-9(12)15-8-7-10(13)14-16(5,6)11(2,3)4/h7-8H2,1-6H3. The van der Waals surface area contributed by atoms with Gasteiger partial charge in [0.15, 0.2) is 5.12 Å². The first kappa shape index (κ1) is 15.7. The summed E-state index contributed by atoms with van der Waals surface area (Å²) in [6.45, 7) is 11.9. The highest BCUT2D eigenvalue weighted by Crippen LogP contribution is 2.36. The molecule has 3 nitrogen and oxygen atoms in total. The maximum atomic E-state index is 11.6. The van der Waals surface area contributed by atoms with Crippen LogP contribution in [0.5, 0.6) is 0 Å². The Bertz CT molecular complexity index is 269. The van der Waals surface area contributed by atoms with Gasteiger partial charge in [-0.1, -0.05) is 32.5 Å². The second kappa shape index (κ2) is 5.86. The summed E-state index contributed by atoms with van der Waals surface area (Å²) in [5.74, 6) is 0.336. The van der Waals surface area contributed by atoms with Gasteiger partial charge in [-0.05, 0) is 18.1 Å². The molecule has 0 saturated heterocycles. The molecule has 0 amide bonds. The molecule has 0 aromatic rings. The lowest BCUT2D eigenvalue weighted by Crippen LogP contribution is -2.42. The maximum Gasteiger partial charge on any atom is 0.293 e. The molecule has 0 radical (unpaired) electrons. The van der Waals surface area contributed by atoms with Crippen molar-refractivity contribution >= 4 is 31.2 Å². The quantitative estimate of drug-likeness (QED) is 0.730. The van der Waals surface area contributed by atoms with Crippen molar-refractivity contribution in [1.29, 1.82) is 0 Å². The summed E-state index contributed by atoms with van der Waals surface area (Å²) >= 11 is 1.17. The van der Waals surface area contributed by atoms with Gasteiger partial charge in [0, 0.05) is 12.7 Å². The summed E-state index contributed by atoms with van der Waals surface area (Å²) in [4.78, 5) is 22.3. The number of hydrogen-bond acceptors (Lipinski definition) is 4. The van der Waals surface area contributed by atoms with Crippen LogP contribution in [0.3, 0.4) is 0 Å². The van der Waals surface area contributed by atoms with Crippen molar-refractivity contribution in [2.45, 2.75) is 52.2 Å². The normalized spacial score (nSPS) is 12.4. The van der Waals surface area contributed by atoms with E-state index in [4.69, 9.17) is 4.43 Å². The molecule has 0 aromatic heterocycles. The number of rotatable bonds is 4. The van der Waals surface area contributed by atoms with E-state index in [2.05, 4.69) is 20.8 Å². The third-order valence-electron chi connectivity index (χ3n) is 2.79. The molecule has 0 aliphatic carbocycles. The molecule has 0 fully saturated rings. The highest BCUT2D eigenvalue weighted by Gasteiger charge is 2.40. The highest BCUT2D eigenvalue weighted by molar-refractivity contribution is 8.13. The highest BCUT2D eigenvalue weighted by atomic mass is 32.2. The first-order valence-electron chi connectivity index (χ1n) is 5.41. The van der Waals surface area contributed by atoms with E-state index in [1.807, 2.05) is 13.1 Å². The van der Waals surface area contributed by atoms with Crippen LogP contribution >= 0.6 is 11.8 Å². The summed E-state index contributed by atoms with van der Waals surface area (Å²) in [6.07, 6.45) is 0.316. The maximum absolute atomic E-state index is 11.6. The molecular formula is C11H22O3SSi. The molecule has 0 atom stereocenters. The van der Waals surface area contributed by atoms with E-state index in [1.165, 1.54) is 18.7 Å². The van der Waals surface area contributed by atoms with Crippen LogP contribution in [0.4, 0.5) is 0 Å². The van der Waals surface area contributed by atoms with E-state index < -0.39 is 8.32 Å². The minimum absolute atomic E-state index is 0.0381. The molecule has 0 aromatic carbocycles. The fourth-order valence-corrected chi connectivity index (χ4v) is 2.30. The van der Waals surface area contributed by atoms with E-state index in [-0.39, 0.29) is 16.1 Å². The van der Waals surface area contributed by atoms with Gasteiger partial charge < -0.3 is 4.43 Å². The molecule has 0 aliphatic rings. The summed E-state index contributed by atoms with van der Waals surface area (Å²) in [5, 5.41) is 0.0799. The van der Waals surface area contributed by atoms with Gasteiger partial charge in [-0.15, -0.1) is 0 Å². The van der Waals surface area contributed by atoms with Crippen molar-refractivity contribution in [3.05, 3.63) is 0 Å². The van der Waals surface area contributed by atoms with Crippen LogP contribution in [0.2, 0.25) is 18.1 Å². The monoisotopic (exact) mass is 262 g/mol. The van der Waals surface area contributed by atoms with Gasteiger partial charge in [0.25, 0.3) is 14.3 Å². The lowest BCUT2D eigenvalue weighted by Gasteiger charge is -2.35. The van der Waals surface area contributed by atoms with Gasteiger partial charge >= 0.3 is 0 Å². The molecule has 0 unspecified atom stereocenters. The van der Waals surface area contributed by atoms with Crippen LogP contribution in [0.15, 0.2) is 0 Å². The zero-order valence-electron chi connectivity index (χ0n) is 11.0. The predicted molar refractivity (Wildman–Crippen MR) is 71.0 cm³/mol. The number of thioether (sulfide) groups is 1. The minimum atomic E-state index is -1.99. The molecule has 0 N–H and O–H groups in total. The van der Waals surface area contributed by atoms with E-state index in [0.29, 0.717) is 12.2 Å². The summed E-state index contributed by atoms with van der Waals surface area (Å²) in [6, 6.07) is 0. The zero-order chi connectivity index (χ0) is 13.0. The Morgan fingerprint density at radius 3 is 2.12 bits per heavy atom. The second-order valence-corrected chi connectivity index (χ2v) is 11.3. The minimum Gasteiger partial charge on any atom is -0.519 e. The van der Waals surface area contributed by atoms with E-state index in [0.717, 1.165) is 0 Å². The Kier molecular flexibility index (Phi) is 5.76. The molecule has 0 aliphatic heterocycles. The predicted octanol–water partition coefficient (Wildman–Crippen LogP) is 3.20. The summed E-state index contributed by atoms with van der Waals surface area (Å²) < 4.78 is 5.56. The number of hydrogen-bond donors (Lipinski definition) is 0. The Hall–Kier alpha value is -0.293. The zero-order valence-corrected chi connectivity index (χ0v) is 12.9. The average molecular weight is 262 g/mol. The molecular weight excluding hydrogens is 240 g/mol. The van der Waals surface area contributed by atoms with Crippen LogP contribution in [-0.2, 0) is 14.0 Å². The van der Waals surface area contributed by atoms with Crippen LogP contribution in [0.1, 0.15) is 34.1 Å². The fraction of sp³-hybridized carbons (Fsp3) is 0.818. The SMILES string of the molecule is CC(=O)SCCC(=O)O[Si](C)(C)C(C)(C)C. The Labute approximate surface area is 103 Å². The first-order chi connectivity index (χ1) is 7.06. The van der Waals surface area contributed by atoms with Crippen LogP contribution in [0.25, 0.3) is 0 Å². The molecule has 0 saturated carbocycles. The third-order valence-corrected chi connectivity index (χ3v) is 7.95. The van der Waals surface area contributed by atoms with Crippen molar-refractivity contribution in [3.8, 4) is 0 Å². The third kappa shape index (κ3) is 5.70. The largest absolute Gasteiger partial charge is 0.519 e. The van der Waals surface area contributed by atoms with Crippen molar-refractivity contribution in [1.82, 2.24) is 0 Å². The van der Waals surface area contributed by atoms with E-state index in [9.17, 15) is 9.59 Å². The molecule has 5 heteroatoms. The van der Waals surface area contributed by atoms with Crippen LogP contribution in [0, 0.1) is 0 Å². The van der Waals surface area contributed by atoms with Crippen molar-refractivity contribution < 1.29 is 14.0 Å². The molecule has 0 heterocycles. The molecule has 94 valence electrons. The van der Waals surface area contributed by atoms with Crippen LogP contribution in [-0.4, -0.2) is 25.2 Å². The van der Waals surface area contributed by atoms with Crippen LogP contribution < -0.4 is 0 Å². The van der Waals surface area contributed by atoms with Gasteiger partial charge in [-0.3, -0.25) is 9.59 Å². The van der Waals surface area contributed by atoms with Crippen molar-refractivity contribution in [2.24, 2.45) is 0 Å². The fourth-order valence-electron chi connectivity index (χ4n) is 0.767. The smallest absolute Gasteiger partial charge is 0.293 e. The lowest BCUT2D eigenvalue weighted by atomic mass is 10.2. The van der Waals surface area contributed by atoms with Gasteiger partial charge in [0.1, 0.15) is 0 Å². The summed E-state index contributed by atoms with van der Waals surface area (Å²) in [7, 11) is -1.99. The van der Waals surface area contributed by atoms with E-state index in [1.54, 1.807) is 0 Å². The average Bonchev–Trinajstić information content (AvgIpc) is 1.99. The Morgan fingerprint density at radius 1 is 1.25 bits per heavy atom. The Morgan fingerprint density at radius 2 is 1.75 bits per heavy atom. The van der Waals surface area contributed by atoms with Gasteiger partial charge in [0.2, 0.25) is 0 Å². The lowest BCUT2D eigenvalue weighted by molar-refractivity contribution is -0.135. The first-order valence-corrected chi connectivity index (χ1v) is 9.31. The molecule has 16 heavy (non-hydrogen) atoms. The van der Waals surface area contributed by atoms with E-state index >= 15 is 0 Å². The van der Waals surface area contributed by atoms with Gasteiger partial charge in [-0.25, -0.2) is 0 Å². The molecule has 0 rings (SSSR count). The van der Waals surface area contributed by atoms with Crippen molar-refractivity contribution in [2.75, 3.05) is 5.75 Å². The number of carbonyl (C=O) groups is 2. The number of carbonyl (C=O) groups excluding carboxylic acids is 2. The summed E-state index contributed by atoms with van der Waals surface area (Å²) in [5.41, 5.74) is 0. The van der Waals surface area contributed by atoms with Gasteiger partial charge in [-0.2, -0.15) is 0 Å². The topological polar surface area (TPSA) is 43.4 Å². The second-order valence-electron chi connectivity index (χ2n) is 5.32.